The van der Waals surface area contributed by atoms with Crippen molar-refractivity contribution < 1.29 is 5.11 Å². The molecule has 0 saturated heterocycles. The van der Waals surface area contributed by atoms with Gasteiger partial charge in [0.2, 0.25) is 12.4 Å². The first-order chi connectivity index (χ1) is 7.22. The van der Waals surface area contributed by atoms with Gasteiger partial charge in [-0.15, -0.1) is 0 Å². The number of aromatic nitrogens is 2. The largest absolute Gasteiger partial charge is 0.493 e. The maximum atomic E-state index is 10.9. The van der Waals surface area contributed by atoms with Gasteiger partial charge in [-0.25, -0.2) is 6.57 Å². The van der Waals surface area contributed by atoms with E-state index < -0.39 is 0 Å². The third kappa shape index (κ3) is 4.51. The van der Waals surface area contributed by atoms with Crippen LogP contribution in [0.2, 0.25) is 0 Å². The van der Waals surface area contributed by atoms with E-state index in [4.69, 9.17) is 11.7 Å². The Balaban J connectivity index is 2.38. The quantitative estimate of drug-likeness (QED) is 0.342. The van der Waals surface area contributed by atoms with E-state index in [2.05, 4.69) is 14.8 Å². The molecule has 0 spiro atoms. The van der Waals surface area contributed by atoms with Crippen LogP contribution in [0.5, 0.6) is 5.88 Å². The number of hydrogen-bond donors (Lipinski definition) is 2. The second-order valence-corrected chi connectivity index (χ2v) is 3.93. The molecule has 0 bridgehead atoms. The van der Waals surface area contributed by atoms with E-state index in [1.165, 1.54) is 11.8 Å². The van der Waals surface area contributed by atoms with Crippen molar-refractivity contribution in [1.29, 1.82) is 0 Å². The highest BCUT2D eigenvalue weighted by molar-refractivity contribution is 7.99. The number of aromatic hydroxyl groups is 1. The third-order valence-corrected chi connectivity index (χ3v) is 2.57. The zero-order valence-electron chi connectivity index (χ0n) is 8.06. The number of hydrogen-bond acceptors (Lipinski definition) is 4. The Morgan fingerprint density at radius 2 is 2.40 bits per heavy atom. The molecule has 6 heteroatoms. The lowest BCUT2D eigenvalue weighted by Crippen LogP contribution is -2.06. The summed E-state index contributed by atoms with van der Waals surface area (Å²) in [4.78, 5) is 20.4. The van der Waals surface area contributed by atoms with Crippen molar-refractivity contribution in [3.8, 4) is 5.88 Å². The Hall–Kier alpha value is -1.48. The van der Waals surface area contributed by atoms with Gasteiger partial charge in [-0.05, 0) is 6.42 Å². The van der Waals surface area contributed by atoms with Crippen LogP contribution in [0.3, 0.4) is 0 Å². The van der Waals surface area contributed by atoms with Crippen LogP contribution < -0.4 is 5.56 Å². The fourth-order valence-electron chi connectivity index (χ4n) is 0.953. The van der Waals surface area contributed by atoms with E-state index >= 15 is 0 Å². The molecule has 1 aromatic heterocycles. The van der Waals surface area contributed by atoms with Gasteiger partial charge in [-0.3, -0.25) is 4.79 Å². The average Bonchev–Trinajstić information content (AvgIpc) is 2.16. The summed E-state index contributed by atoms with van der Waals surface area (Å²) in [6.07, 6.45) is 1.74. The molecule has 0 aromatic carbocycles. The predicted molar refractivity (Wildman–Crippen MR) is 57.9 cm³/mol. The van der Waals surface area contributed by atoms with Gasteiger partial charge < -0.3 is 14.9 Å². The number of H-pyrrole nitrogens is 1. The Labute approximate surface area is 91.4 Å². The summed E-state index contributed by atoms with van der Waals surface area (Å²) in [6, 6.07) is 1.03. The topological polar surface area (TPSA) is 70.3 Å². The van der Waals surface area contributed by atoms with Crippen molar-refractivity contribution >= 4 is 11.8 Å². The van der Waals surface area contributed by atoms with Crippen molar-refractivity contribution in [2.45, 2.75) is 18.0 Å². The van der Waals surface area contributed by atoms with E-state index in [0.29, 0.717) is 11.7 Å². The first-order valence-electron chi connectivity index (χ1n) is 4.48. The molecule has 0 amide bonds. The van der Waals surface area contributed by atoms with Crippen LogP contribution in [0.25, 0.3) is 4.85 Å². The molecular weight excluding hydrogens is 214 g/mol. The zero-order valence-corrected chi connectivity index (χ0v) is 8.88. The number of nitrogens with zero attached hydrogens (tertiary/aromatic N) is 2. The molecule has 1 aromatic rings. The molecule has 0 radical (unpaired) electrons. The molecule has 15 heavy (non-hydrogen) atoms. The van der Waals surface area contributed by atoms with Gasteiger partial charge >= 0.3 is 0 Å². The minimum absolute atomic E-state index is 0.262. The summed E-state index contributed by atoms with van der Waals surface area (Å²) >= 11 is 1.37. The molecule has 1 heterocycles. The Morgan fingerprint density at radius 1 is 1.60 bits per heavy atom. The summed E-state index contributed by atoms with van der Waals surface area (Å²) in [6.45, 7) is 7.12. The minimum Gasteiger partial charge on any atom is -0.493 e. The SMILES string of the molecule is [C-]#[N+]CCCCSc1nc(O)cc(=O)[nH]1. The smallest absolute Gasteiger partial charge is 0.255 e. The van der Waals surface area contributed by atoms with E-state index in [0.717, 1.165) is 24.7 Å². The molecule has 0 aliphatic carbocycles. The first-order valence-corrected chi connectivity index (χ1v) is 5.47. The van der Waals surface area contributed by atoms with Gasteiger partial charge in [0, 0.05) is 12.2 Å². The normalized spacial score (nSPS) is 9.80. The molecule has 80 valence electrons. The summed E-state index contributed by atoms with van der Waals surface area (Å²) < 4.78 is 0. The van der Waals surface area contributed by atoms with Gasteiger partial charge in [-0.1, -0.05) is 11.8 Å². The maximum absolute atomic E-state index is 10.9. The number of nitrogens with one attached hydrogen (secondary N) is 1. The zero-order chi connectivity index (χ0) is 11.1. The second-order valence-electron chi connectivity index (χ2n) is 2.85. The Bertz CT molecular complexity index is 411. The highest BCUT2D eigenvalue weighted by Gasteiger charge is 2.00. The predicted octanol–water partition coefficient (Wildman–Crippen LogP) is 1.27. The monoisotopic (exact) mass is 225 g/mol. The maximum Gasteiger partial charge on any atom is 0.255 e. The molecule has 0 unspecified atom stereocenters. The third-order valence-electron chi connectivity index (χ3n) is 1.61. The fourth-order valence-corrected chi connectivity index (χ4v) is 1.83. The second kappa shape index (κ2) is 6.09. The summed E-state index contributed by atoms with van der Waals surface area (Å²) in [5.74, 6) is 0.518. The van der Waals surface area contributed by atoms with Crippen molar-refractivity contribution in [3.63, 3.8) is 0 Å². The Kier molecular flexibility index (Phi) is 4.71. The van der Waals surface area contributed by atoms with E-state index in [-0.39, 0.29) is 11.4 Å². The van der Waals surface area contributed by atoms with E-state index in [9.17, 15) is 4.79 Å². The molecule has 0 saturated carbocycles. The van der Waals surface area contributed by atoms with Crippen molar-refractivity contribution in [3.05, 3.63) is 27.8 Å². The van der Waals surface area contributed by atoms with E-state index in [1.807, 2.05) is 0 Å². The molecule has 2 N–H and O–H groups in total. The lowest BCUT2D eigenvalue weighted by molar-refractivity contribution is 0.444. The number of rotatable bonds is 5. The van der Waals surface area contributed by atoms with Crippen LogP contribution in [0, 0.1) is 6.57 Å². The van der Waals surface area contributed by atoms with Crippen molar-refractivity contribution in [2.24, 2.45) is 0 Å². The van der Waals surface area contributed by atoms with Crippen LogP contribution in [-0.4, -0.2) is 27.4 Å². The van der Waals surface area contributed by atoms with Crippen LogP contribution in [-0.2, 0) is 0 Å². The van der Waals surface area contributed by atoms with Crippen LogP contribution in [0.15, 0.2) is 16.0 Å². The summed E-state index contributed by atoms with van der Waals surface area (Å²) in [7, 11) is 0. The summed E-state index contributed by atoms with van der Waals surface area (Å²) in [5, 5.41) is 9.47. The fraction of sp³-hybridized carbons (Fsp3) is 0.444. The van der Waals surface area contributed by atoms with Crippen LogP contribution in [0.1, 0.15) is 12.8 Å². The highest BCUT2D eigenvalue weighted by Crippen LogP contribution is 2.14. The van der Waals surface area contributed by atoms with Gasteiger partial charge in [0.1, 0.15) is 0 Å². The molecule has 0 aliphatic heterocycles. The average molecular weight is 225 g/mol. The molecule has 0 aliphatic rings. The lowest BCUT2D eigenvalue weighted by atomic mass is 10.3. The molecular formula is C9H11N3O2S. The number of thioether (sulfide) groups is 1. The van der Waals surface area contributed by atoms with Gasteiger partial charge in [0.25, 0.3) is 5.56 Å². The Morgan fingerprint density at radius 3 is 3.07 bits per heavy atom. The first kappa shape index (κ1) is 11.6. The highest BCUT2D eigenvalue weighted by atomic mass is 32.2. The standard InChI is InChI=1S/C9H11N3O2S/c1-10-4-2-3-5-15-9-11-7(13)6-8(14)12-9/h6H,2-5H2,(H2,11,12,13,14). The number of aromatic amines is 1. The molecule has 1 rings (SSSR count). The summed E-state index contributed by atoms with van der Waals surface area (Å²) in [5.41, 5.74) is -0.355. The molecule has 5 nitrogen and oxygen atoms in total. The molecule has 0 atom stereocenters. The lowest BCUT2D eigenvalue weighted by Gasteiger charge is -1.99. The minimum atomic E-state index is -0.355. The van der Waals surface area contributed by atoms with Gasteiger partial charge in [0.15, 0.2) is 5.16 Å². The number of unbranched alkanes of at least 4 members (excludes halogenated alkanes) is 1. The van der Waals surface area contributed by atoms with Gasteiger partial charge in [0.05, 0.1) is 6.07 Å². The van der Waals surface area contributed by atoms with Crippen LogP contribution in [0.4, 0.5) is 0 Å². The van der Waals surface area contributed by atoms with Gasteiger partial charge in [-0.2, -0.15) is 4.98 Å². The van der Waals surface area contributed by atoms with Crippen molar-refractivity contribution in [1.82, 2.24) is 9.97 Å². The van der Waals surface area contributed by atoms with Crippen LogP contribution >= 0.6 is 11.8 Å². The van der Waals surface area contributed by atoms with Crippen molar-refractivity contribution in [2.75, 3.05) is 12.3 Å². The van der Waals surface area contributed by atoms with E-state index in [1.54, 1.807) is 0 Å². The molecule has 0 fully saturated rings.